The van der Waals surface area contributed by atoms with E-state index in [1.807, 2.05) is 42.5 Å². The summed E-state index contributed by atoms with van der Waals surface area (Å²) in [7, 11) is 1.55. The SMILES string of the molecule is C=CCOc1ccc(C(=O)N(Cc2ccccc2)Cc2ccco2)cc1OC. The highest BCUT2D eigenvalue weighted by Gasteiger charge is 2.19. The molecule has 0 aliphatic rings. The molecule has 0 saturated carbocycles. The fraction of sp³-hybridized carbons (Fsp3) is 0.174. The fourth-order valence-electron chi connectivity index (χ4n) is 2.85. The molecule has 144 valence electrons. The van der Waals surface area contributed by atoms with Gasteiger partial charge >= 0.3 is 0 Å². The molecule has 0 atom stereocenters. The molecule has 0 radical (unpaired) electrons. The smallest absolute Gasteiger partial charge is 0.254 e. The van der Waals surface area contributed by atoms with Gasteiger partial charge in [0.15, 0.2) is 11.5 Å². The van der Waals surface area contributed by atoms with Crippen molar-refractivity contribution in [3.63, 3.8) is 0 Å². The maximum Gasteiger partial charge on any atom is 0.254 e. The summed E-state index contributed by atoms with van der Waals surface area (Å²) in [5.41, 5.74) is 1.56. The Morgan fingerprint density at radius 3 is 2.57 bits per heavy atom. The van der Waals surface area contributed by atoms with Crippen LogP contribution in [0.25, 0.3) is 0 Å². The molecule has 0 unspecified atom stereocenters. The van der Waals surface area contributed by atoms with E-state index in [0.29, 0.717) is 36.8 Å². The van der Waals surface area contributed by atoms with Crippen LogP contribution in [-0.2, 0) is 13.1 Å². The summed E-state index contributed by atoms with van der Waals surface area (Å²) in [5.74, 6) is 1.68. The van der Waals surface area contributed by atoms with Crippen LogP contribution in [0.5, 0.6) is 11.5 Å². The summed E-state index contributed by atoms with van der Waals surface area (Å²) in [6.45, 7) is 4.85. The first-order valence-corrected chi connectivity index (χ1v) is 8.98. The molecular formula is C23H23NO4. The van der Waals surface area contributed by atoms with Crippen molar-refractivity contribution >= 4 is 5.91 Å². The van der Waals surface area contributed by atoms with Crippen LogP contribution in [0.2, 0.25) is 0 Å². The Balaban J connectivity index is 1.86. The number of nitrogens with zero attached hydrogens (tertiary/aromatic N) is 1. The van der Waals surface area contributed by atoms with Gasteiger partial charge in [0.05, 0.1) is 19.9 Å². The number of furan rings is 1. The summed E-state index contributed by atoms with van der Waals surface area (Å²) in [4.78, 5) is 15.0. The maximum atomic E-state index is 13.2. The van der Waals surface area contributed by atoms with Gasteiger partial charge in [-0.15, -0.1) is 0 Å². The summed E-state index contributed by atoms with van der Waals surface area (Å²) in [6, 6.07) is 18.7. The van der Waals surface area contributed by atoms with Gasteiger partial charge in [-0.05, 0) is 35.9 Å². The van der Waals surface area contributed by atoms with Crippen molar-refractivity contribution in [3.05, 3.63) is 96.5 Å². The minimum atomic E-state index is -0.117. The minimum absolute atomic E-state index is 0.117. The van der Waals surface area contributed by atoms with Crippen molar-refractivity contribution in [1.29, 1.82) is 0 Å². The van der Waals surface area contributed by atoms with Crippen molar-refractivity contribution in [2.45, 2.75) is 13.1 Å². The summed E-state index contributed by atoms with van der Waals surface area (Å²) >= 11 is 0. The molecular weight excluding hydrogens is 354 g/mol. The standard InChI is InChI=1S/C23H23NO4/c1-3-13-28-21-12-11-19(15-22(21)26-2)23(25)24(17-20-10-7-14-27-20)16-18-8-5-4-6-9-18/h3-12,14-15H,1,13,16-17H2,2H3. The highest BCUT2D eigenvalue weighted by Crippen LogP contribution is 2.29. The number of amides is 1. The molecule has 1 heterocycles. The van der Waals surface area contributed by atoms with Crippen LogP contribution >= 0.6 is 0 Å². The van der Waals surface area contributed by atoms with E-state index in [2.05, 4.69) is 6.58 Å². The molecule has 0 saturated heterocycles. The number of rotatable bonds is 9. The molecule has 5 nitrogen and oxygen atoms in total. The van der Waals surface area contributed by atoms with E-state index >= 15 is 0 Å². The van der Waals surface area contributed by atoms with Gasteiger partial charge in [0.1, 0.15) is 12.4 Å². The van der Waals surface area contributed by atoms with Crippen molar-refractivity contribution in [3.8, 4) is 11.5 Å². The van der Waals surface area contributed by atoms with Crippen LogP contribution < -0.4 is 9.47 Å². The van der Waals surface area contributed by atoms with Crippen molar-refractivity contribution in [2.75, 3.05) is 13.7 Å². The normalized spacial score (nSPS) is 10.3. The predicted octanol–water partition coefficient (Wildman–Crippen LogP) is 4.70. The van der Waals surface area contributed by atoms with Crippen LogP contribution in [0, 0.1) is 0 Å². The first-order chi connectivity index (χ1) is 13.7. The summed E-state index contributed by atoms with van der Waals surface area (Å²) in [6.07, 6.45) is 3.26. The Kier molecular flexibility index (Phi) is 6.52. The van der Waals surface area contributed by atoms with Gasteiger partial charge in [0, 0.05) is 12.1 Å². The van der Waals surface area contributed by atoms with Crippen LogP contribution in [0.3, 0.4) is 0 Å². The predicted molar refractivity (Wildman–Crippen MR) is 107 cm³/mol. The number of ether oxygens (including phenoxy) is 2. The number of methoxy groups -OCH3 is 1. The largest absolute Gasteiger partial charge is 0.493 e. The average Bonchev–Trinajstić information content (AvgIpc) is 3.25. The highest BCUT2D eigenvalue weighted by atomic mass is 16.5. The van der Waals surface area contributed by atoms with E-state index in [4.69, 9.17) is 13.9 Å². The third-order valence-corrected chi connectivity index (χ3v) is 4.20. The lowest BCUT2D eigenvalue weighted by molar-refractivity contribution is 0.0717. The van der Waals surface area contributed by atoms with Gasteiger partial charge in [0.2, 0.25) is 0 Å². The molecule has 1 aromatic heterocycles. The lowest BCUT2D eigenvalue weighted by atomic mass is 10.1. The van der Waals surface area contributed by atoms with Crippen LogP contribution in [0.4, 0.5) is 0 Å². The third-order valence-electron chi connectivity index (χ3n) is 4.20. The van der Waals surface area contributed by atoms with Gasteiger partial charge in [-0.1, -0.05) is 43.0 Å². The maximum absolute atomic E-state index is 13.2. The van der Waals surface area contributed by atoms with E-state index < -0.39 is 0 Å². The van der Waals surface area contributed by atoms with Crippen molar-refractivity contribution in [1.82, 2.24) is 4.90 Å². The fourth-order valence-corrected chi connectivity index (χ4v) is 2.85. The van der Waals surface area contributed by atoms with Crippen molar-refractivity contribution in [2.24, 2.45) is 0 Å². The number of hydrogen-bond acceptors (Lipinski definition) is 4. The minimum Gasteiger partial charge on any atom is -0.493 e. The Morgan fingerprint density at radius 1 is 1.07 bits per heavy atom. The van der Waals surface area contributed by atoms with E-state index in [-0.39, 0.29) is 5.91 Å². The van der Waals surface area contributed by atoms with E-state index in [9.17, 15) is 4.79 Å². The number of hydrogen-bond donors (Lipinski definition) is 0. The quantitative estimate of drug-likeness (QED) is 0.508. The Hall–Kier alpha value is -3.47. The monoisotopic (exact) mass is 377 g/mol. The third kappa shape index (κ3) is 4.82. The summed E-state index contributed by atoms with van der Waals surface area (Å²) < 4.78 is 16.4. The second kappa shape index (κ2) is 9.46. The van der Waals surface area contributed by atoms with Gasteiger partial charge in [-0.25, -0.2) is 0 Å². The summed E-state index contributed by atoms with van der Waals surface area (Å²) in [5, 5.41) is 0. The van der Waals surface area contributed by atoms with Gasteiger partial charge < -0.3 is 18.8 Å². The van der Waals surface area contributed by atoms with Gasteiger partial charge in [-0.2, -0.15) is 0 Å². The van der Waals surface area contributed by atoms with Crippen molar-refractivity contribution < 1.29 is 18.7 Å². The zero-order valence-electron chi connectivity index (χ0n) is 15.8. The lowest BCUT2D eigenvalue weighted by Gasteiger charge is -2.22. The number of carbonyl (C=O) groups is 1. The lowest BCUT2D eigenvalue weighted by Crippen LogP contribution is -2.30. The molecule has 0 N–H and O–H groups in total. The zero-order chi connectivity index (χ0) is 19.8. The Labute approximate surface area is 164 Å². The number of carbonyl (C=O) groups excluding carboxylic acids is 1. The second-order valence-electron chi connectivity index (χ2n) is 6.19. The molecule has 1 amide bonds. The van der Waals surface area contributed by atoms with Gasteiger partial charge in [-0.3, -0.25) is 4.79 Å². The highest BCUT2D eigenvalue weighted by molar-refractivity contribution is 5.94. The molecule has 5 heteroatoms. The molecule has 28 heavy (non-hydrogen) atoms. The topological polar surface area (TPSA) is 51.9 Å². The first-order valence-electron chi connectivity index (χ1n) is 8.98. The molecule has 0 aliphatic heterocycles. The number of benzene rings is 2. The molecule has 3 rings (SSSR count). The first kappa shape index (κ1) is 19.3. The van der Waals surface area contributed by atoms with Crippen LogP contribution in [-0.4, -0.2) is 24.5 Å². The van der Waals surface area contributed by atoms with Gasteiger partial charge in [0.25, 0.3) is 5.91 Å². The Morgan fingerprint density at radius 2 is 1.89 bits per heavy atom. The van der Waals surface area contributed by atoms with Crippen LogP contribution in [0.15, 0.2) is 84.0 Å². The molecule has 0 bridgehead atoms. The molecule has 0 spiro atoms. The molecule has 0 fully saturated rings. The zero-order valence-corrected chi connectivity index (χ0v) is 15.8. The molecule has 3 aromatic rings. The van der Waals surface area contributed by atoms with E-state index in [1.165, 1.54) is 0 Å². The molecule has 0 aliphatic carbocycles. The Bertz CT molecular complexity index is 904. The van der Waals surface area contributed by atoms with Crippen LogP contribution in [0.1, 0.15) is 21.7 Å². The van der Waals surface area contributed by atoms with E-state index in [1.54, 1.807) is 42.5 Å². The van der Waals surface area contributed by atoms with E-state index in [0.717, 1.165) is 11.3 Å². The average molecular weight is 377 g/mol. The second-order valence-corrected chi connectivity index (χ2v) is 6.19. The molecule has 2 aromatic carbocycles.